The van der Waals surface area contributed by atoms with Crippen LogP contribution >= 0.6 is 11.3 Å². The molecule has 1 N–H and O–H groups in total. The third-order valence-electron chi connectivity index (χ3n) is 2.78. The number of aromatic nitrogens is 5. The minimum Gasteiger partial charge on any atom is -0.287 e. The van der Waals surface area contributed by atoms with Crippen LogP contribution in [0.5, 0.6) is 0 Å². The molecular weight excluding hydrogens is 234 g/mol. The average molecular weight is 241 g/mol. The van der Waals surface area contributed by atoms with E-state index in [0.29, 0.717) is 0 Å². The number of hydrogen-bond donors (Lipinski definition) is 1. The molecule has 82 valence electrons. The number of aromatic amines is 1. The molecule has 0 aliphatic rings. The van der Waals surface area contributed by atoms with E-state index in [1.807, 2.05) is 22.9 Å². The van der Waals surface area contributed by atoms with Crippen LogP contribution in [0.2, 0.25) is 0 Å². The van der Waals surface area contributed by atoms with Gasteiger partial charge < -0.3 is 0 Å². The summed E-state index contributed by atoms with van der Waals surface area (Å²) in [6, 6.07) is 4.14. The Balaban J connectivity index is 2.22. The van der Waals surface area contributed by atoms with Gasteiger partial charge in [-0.15, -0.1) is 21.5 Å². The highest BCUT2D eigenvalue weighted by Gasteiger charge is 2.11. The number of rotatable bonds is 1. The van der Waals surface area contributed by atoms with E-state index in [1.165, 1.54) is 4.88 Å². The van der Waals surface area contributed by atoms with Gasteiger partial charge in [0.2, 0.25) is 0 Å². The smallest absolute Gasteiger partial charge is 0.186 e. The Hall–Kier alpha value is -2.21. The molecule has 0 aromatic carbocycles. The first-order chi connectivity index (χ1) is 8.43. The molecule has 0 radical (unpaired) electrons. The second-order valence-electron chi connectivity index (χ2n) is 3.74. The van der Waals surface area contributed by atoms with Crippen LogP contribution < -0.4 is 0 Å². The molecular formula is C11H7N5S. The zero-order valence-electron chi connectivity index (χ0n) is 8.66. The van der Waals surface area contributed by atoms with Crippen LogP contribution in [0.1, 0.15) is 0 Å². The lowest BCUT2D eigenvalue weighted by atomic mass is 10.1. The Morgan fingerprint density at radius 3 is 3.24 bits per heavy atom. The third-order valence-corrected chi connectivity index (χ3v) is 3.68. The number of nitrogens with one attached hydrogen (secondary N) is 1. The van der Waals surface area contributed by atoms with Crippen molar-refractivity contribution in [3.63, 3.8) is 0 Å². The molecule has 6 heteroatoms. The lowest BCUT2D eigenvalue weighted by Crippen LogP contribution is -1.87. The lowest BCUT2D eigenvalue weighted by Gasteiger charge is -2.01. The van der Waals surface area contributed by atoms with Gasteiger partial charge in [0.1, 0.15) is 11.8 Å². The summed E-state index contributed by atoms with van der Waals surface area (Å²) in [6.07, 6.45) is 5.57. The van der Waals surface area contributed by atoms with Crippen LogP contribution in [-0.4, -0.2) is 24.8 Å². The highest BCUT2D eigenvalue weighted by molar-refractivity contribution is 7.13. The molecule has 5 nitrogen and oxygen atoms in total. The van der Waals surface area contributed by atoms with Crippen molar-refractivity contribution < 1.29 is 0 Å². The molecule has 0 saturated carbocycles. The lowest BCUT2D eigenvalue weighted by molar-refractivity contribution is 1.10. The Kier molecular flexibility index (Phi) is 1.64. The minimum atomic E-state index is 0.804. The van der Waals surface area contributed by atoms with Gasteiger partial charge in [-0.2, -0.15) is 5.10 Å². The van der Waals surface area contributed by atoms with Crippen LogP contribution in [0, 0.1) is 0 Å². The molecule has 0 aliphatic carbocycles. The van der Waals surface area contributed by atoms with Crippen molar-refractivity contribution in [2.45, 2.75) is 0 Å². The van der Waals surface area contributed by atoms with Crippen LogP contribution in [-0.2, 0) is 0 Å². The average Bonchev–Trinajstić information content (AvgIpc) is 3.09. The molecule has 4 aromatic rings. The topological polar surface area (TPSA) is 58.9 Å². The molecule has 4 aromatic heterocycles. The predicted octanol–water partition coefficient (Wildman–Crippen LogP) is 2.33. The first-order valence-electron chi connectivity index (χ1n) is 5.13. The van der Waals surface area contributed by atoms with Gasteiger partial charge in [-0.05, 0) is 11.4 Å². The van der Waals surface area contributed by atoms with Gasteiger partial charge in [0.25, 0.3) is 0 Å². The van der Waals surface area contributed by atoms with E-state index in [-0.39, 0.29) is 0 Å². The molecule has 4 rings (SSSR count). The summed E-state index contributed by atoms with van der Waals surface area (Å²) in [7, 11) is 0. The van der Waals surface area contributed by atoms with Crippen molar-refractivity contribution in [3.8, 4) is 10.4 Å². The van der Waals surface area contributed by atoms with E-state index < -0.39 is 0 Å². The highest BCUT2D eigenvalue weighted by atomic mass is 32.1. The number of pyridine rings is 1. The number of hydrogen-bond acceptors (Lipinski definition) is 4. The van der Waals surface area contributed by atoms with E-state index in [4.69, 9.17) is 0 Å². The normalized spacial score (nSPS) is 11.5. The third kappa shape index (κ3) is 1.15. The molecule has 17 heavy (non-hydrogen) atoms. The van der Waals surface area contributed by atoms with Crippen LogP contribution in [0.4, 0.5) is 0 Å². The zero-order chi connectivity index (χ0) is 11.2. The van der Waals surface area contributed by atoms with E-state index in [0.717, 1.165) is 22.1 Å². The fraction of sp³-hybridized carbons (Fsp3) is 0. The summed E-state index contributed by atoms with van der Waals surface area (Å²) in [5.74, 6) is 0. The summed E-state index contributed by atoms with van der Waals surface area (Å²) >= 11 is 1.71. The Labute approximate surface area is 99.7 Å². The first-order valence-corrected chi connectivity index (χ1v) is 6.01. The highest BCUT2D eigenvalue weighted by Crippen LogP contribution is 2.31. The van der Waals surface area contributed by atoms with Crippen LogP contribution in [0.25, 0.3) is 27.0 Å². The van der Waals surface area contributed by atoms with E-state index in [1.54, 1.807) is 17.7 Å². The molecule has 0 spiro atoms. The molecule has 0 fully saturated rings. The van der Waals surface area contributed by atoms with Crippen molar-refractivity contribution in [1.29, 1.82) is 0 Å². The van der Waals surface area contributed by atoms with Gasteiger partial charge in [0.15, 0.2) is 5.65 Å². The molecule has 0 saturated heterocycles. The maximum Gasteiger partial charge on any atom is 0.186 e. The molecule has 0 atom stereocenters. The van der Waals surface area contributed by atoms with Crippen molar-refractivity contribution in [2.24, 2.45) is 0 Å². The Bertz CT molecular complexity index is 796. The van der Waals surface area contributed by atoms with Crippen LogP contribution in [0.15, 0.2) is 36.2 Å². The maximum absolute atomic E-state index is 4.10. The number of fused-ring (bicyclic) bond motifs is 3. The van der Waals surface area contributed by atoms with Crippen molar-refractivity contribution in [3.05, 3.63) is 36.2 Å². The maximum atomic E-state index is 4.10. The minimum absolute atomic E-state index is 0.804. The van der Waals surface area contributed by atoms with Gasteiger partial charge in [-0.3, -0.25) is 9.50 Å². The summed E-state index contributed by atoms with van der Waals surface area (Å²) in [5.41, 5.74) is 2.88. The second kappa shape index (κ2) is 3.14. The van der Waals surface area contributed by atoms with Crippen molar-refractivity contribution >= 4 is 27.9 Å². The van der Waals surface area contributed by atoms with E-state index in [2.05, 4.69) is 31.8 Å². The molecule has 0 bridgehead atoms. The predicted molar refractivity (Wildman–Crippen MR) is 66.0 cm³/mol. The number of nitrogens with zero attached hydrogens (tertiary/aromatic N) is 4. The fourth-order valence-corrected chi connectivity index (χ4v) is 2.76. The SMILES string of the molecule is c1csc(-c2cn3cnnc3c3[nH]ncc23)c1. The van der Waals surface area contributed by atoms with Gasteiger partial charge in [0, 0.05) is 22.0 Å². The Morgan fingerprint density at radius 1 is 1.35 bits per heavy atom. The molecule has 0 aliphatic heterocycles. The van der Waals surface area contributed by atoms with Crippen molar-refractivity contribution in [2.75, 3.05) is 0 Å². The molecule has 0 unspecified atom stereocenters. The standard InChI is InChI=1S/C11H7N5S/c1-2-9(17-3-1)8-5-16-6-13-15-11(16)10-7(8)4-12-14-10/h1-6H,(H,12,14). The van der Waals surface area contributed by atoms with Crippen molar-refractivity contribution in [1.82, 2.24) is 24.8 Å². The van der Waals surface area contributed by atoms with Crippen LogP contribution in [0.3, 0.4) is 0 Å². The summed E-state index contributed by atoms with van der Waals surface area (Å²) in [5, 5.41) is 18.2. The van der Waals surface area contributed by atoms with E-state index >= 15 is 0 Å². The summed E-state index contributed by atoms with van der Waals surface area (Å²) in [6.45, 7) is 0. The van der Waals surface area contributed by atoms with Gasteiger partial charge in [-0.25, -0.2) is 0 Å². The quantitative estimate of drug-likeness (QED) is 0.556. The molecule has 0 amide bonds. The zero-order valence-corrected chi connectivity index (χ0v) is 9.48. The largest absolute Gasteiger partial charge is 0.287 e. The Morgan fingerprint density at radius 2 is 2.35 bits per heavy atom. The van der Waals surface area contributed by atoms with E-state index in [9.17, 15) is 0 Å². The fourth-order valence-electron chi connectivity index (χ4n) is 2.01. The van der Waals surface area contributed by atoms with Gasteiger partial charge >= 0.3 is 0 Å². The van der Waals surface area contributed by atoms with Gasteiger partial charge in [-0.1, -0.05) is 6.07 Å². The summed E-state index contributed by atoms with van der Waals surface area (Å²) < 4.78 is 1.91. The number of H-pyrrole nitrogens is 1. The van der Waals surface area contributed by atoms with Gasteiger partial charge in [0.05, 0.1) is 6.20 Å². The molecule has 4 heterocycles. The second-order valence-corrected chi connectivity index (χ2v) is 4.69. The monoisotopic (exact) mass is 241 g/mol. The summed E-state index contributed by atoms with van der Waals surface area (Å²) in [4.78, 5) is 1.21. The number of thiophene rings is 1. The first kappa shape index (κ1) is 8.89.